The second kappa shape index (κ2) is 21.1. The fourth-order valence-electron chi connectivity index (χ4n) is 7.19. The van der Waals surface area contributed by atoms with Gasteiger partial charge in [-0.1, -0.05) is 127 Å². The molecule has 0 fully saturated rings. The fourth-order valence-corrected chi connectivity index (χ4v) is 8.54. The number of nitriles is 1. The summed E-state index contributed by atoms with van der Waals surface area (Å²) in [4.78, 5) is 34.3. The maximum Gasteiger partial charge on any atom is 0.234 e. The predicted octanol–water partition coefficient (Wildman–Crippen LogP) is 15.4. The van der Waals surface area contributed by atoms with Gasteiger partial charge in [-0.3, -0.25) is 4.79 Å². The third-order valence-electron chi connectivity index (χ3n) is 10.4. The minimum absolute atomic E-state index is 0.0860. The minimum Gasteiger partial charge on any atom is -0.311 e. The number of rotatable bonds is 16. The number of nitrogens with zero attached hydrogens (tertiary/aromatic N) is 4. The van der Waals surface area contributed by atoms with Crippen LogP contribution in [0.5, 0.6) is 0 Å². The summed E-state index contributed by atoms with van der Waals surface area (Å²) in [5.74, 6) is -0.531. The molecule has 0 aliphatic heterocycles. The summed E-state index contributed by atoms with van der Waals surface area (Å²) in [6.45, 7) is 7.49. The molecule has 2 heterocycles. The van der Waals surface area contributed by atoms with E-state index < -0.39 is 0 Å². The number of hydrogen-bond acceptors (Lipinski definition) is 7. The molecule has 8 rings (SSSR count). The minimum atomic E-state index is -0.269. The molecule has 2 aromatic heterocycles. The molecule has 312 valence electrons. The van der Waals surface area contributed by atoms with Gasteiger partial charge in [0.2, 0.25) is 17.3 Å². The Hall–Kier alpha value is -8.40. The Morgan fingerprint density at radius 3 is 1.31 bits per heavy atom. The SMILES string of the molecule is [C-]#[N+]C(=CC=Cc1ccc(N(c2ccccc2)c2ccc(Cc3ccc(N(c4ccccc4)c4ccc(C=CC=C(C#N)C(=O)c5cccs5)cc4)cc3)cc2)cc1)C(=O)c1cccs1. The van der Waals surface area contributed by atoms with Gasteiger partial charge in [0.05, 0.1) is 16.3 Å². The summed E-state index contributed by atoms with van der Waals surface area (Å²) in [6, 6.07) is 63.4. The van der Waals surface area contributed by atoms with Crippen molar-refractivity contribution in [1.29, 1.82) is 5.26 Å². The zero-order valence-corrected chi connectivity index (χ0v) is 36.7. The molecule has 6 aromatic carbocycles. The molecule has 0 saturated carbocycles. The van der Waals surface area contributed by atoms with Crippen LogP contribution in [0.15, 0.2) is 228 Å². The first-order chi connectivity index (χ1) is 32.0. The molecule has 0 atom stereocenters. The summed E-state index contributed by atoms with van der Waals surface area (Å²) < 4.78 is 0. The Kier molecular flexibility index (Phi) is 14.1. The van der Waals surface area contributed by atoms with E-state index in [1.165, 1.54) is 33.8 Å². The average Bonchev–Trinajstić information content (AvgIpc) is 4.11. The molecule has 8 aromatic rings. The number of thiophene rings is 2. The molecule has 0 amide bonds. The molecule has 0 aliphatic rings. The van der Waals surface area contributed by atoms with Crippen LogP contribution in [0.4, 0.5) is 34.1 Å². The summed E-state index contributed by atoms with van der Waals surface area (Å²) in [6.07, 6.45) is 11.2. The van der Waals surface area contributed by atoms with E-state index in [0.717, 1.165) is 51.7 Å². The van der Waals surface area contributed by atoms with Crippen molar-refractivity contribution in [2.75, 3.05) is 9.80 Å². The normalized spacial score (nSPS) is 11.6. The highest BCUT2D eigenvalue weighted by atomic mass is 32.1. The van der Waals surface area contributed by atoms with Crippen molar-refractivity contribution in [1.82, 2.24) is 0 Å². The van der Waals surface area contributed by atoms with Crippen molar-refractivity contribution >= 4 is 80.5 Å². The number of benzene rings is 6. The lowest BCUT2D eigenvalue weighted by Gasteiger charge is -2.26. The van der Waals surface area contributed by atoms with Crippen LogP contribution in [0.25, 0.3) is 17.0 Å². The number of carbonyl (C=O) groups excluding carboxylic acids is 2. The maximum absolute atomic E-state index is 12.7. The third kappa shape index (κ3) is 10.8. The van der Waals surface area contributed by atoms with Gasteiger partial charge in [0.25, 0.3) is 0 Å². The zero-order chi connectivity index (χ0) is 44.8. The average molecular weight is 877 g/mol. The number of hydrogen-bond donors (Lipinski definition) is 0. The number of Topliss-reactive ketones (excluding diaryl/α,β-unsaturated/α-hetero) is 2. The summed E-state index contributed by atoms with van der Waals surface area (Å²) in [5.41, 5.74) is 10.6. The number of allylic oxidation sites excluding steroid dienone is 6. The van der Waals surface area contributed by atoms with Crippen LogP contribution in [0.1, 0.15) is 41.6 Å². The van der Waals surface area contributed by atoms with Crippen LogP contribution in [0, 0.1) is 17.9 Å². The lowest BCUT2D eigenvalue weighted by molar-refractivity contribution is 0.103. The summed E-state index contributed by atoms with van der Waals surface area (Å²) >= 11 is 2.66. The highest BCUT2D eigenvalue weighted by molar-refractivity contribution is 7.12. The predicted molar refractivity (Wildman–Crippen MR) is 269 cm³/mol. The van der Waals surface area contributed by atoms with Crippen LogP contribution in [-0.2, 0) is 6.42 Å². The molecule has 0 spiro atoms. The number of carbonyl (C=O) groups is 2. The van der Waals surface area contributed by atoms with E-state index in [-0.39, 0.29) is 22.8 Å². The third-order valence-corrected chi connectivity index (χ3v) is 12.2. The van der Waals surface area contributed by atoms with E-state index in [0.29, 0.717) is 9.75 Å². The topological polar surface area (TPSA) is 68.8 Å². The molecule has 0 bridgehead atoms. The number of para-hydroxylation sites is 2. The molecule has 0 aliphatic carbocycles. The second-order valence-corrected chi connectivity index (χ2v) is 16.6. The summed E-state index contributed by atoms with van der Waals surface area (Å²) in [5, 5.41) is 13.2. The Morgan fingerprint density at radius 1 is 0.508 bits per heavy atom. The van der Waals surface area contributed by atoms with E-state index in [1.54, 1.807) is 42.5 Å². The van der Waals surface area contributed by atoms with Crippen LogP contribution in [0.3, 0.4) is 0 Å². The summed E-state index contributed by atoms with van der Waals surface area (Å²) in [7, 11) is 0. The standard InChI is InChI=1S/C57H40N4O2S2/c1-59-53(57(63)55-21-11-39-65-55)19-9-13-43-24-32-50(33-25-43)61(48-17-6-3-7-18-48)52-36-28-45(29-37-52)40-44-26-34-51(35-27-44)60(47-15-4-2-5-16-47)49-30-22-42(23-31-49)12-8-14-46(41-58)56(62)54-20-10-38-64-54/h2-39H,40H2. The zero-order valence-electron chi connectivity index (χ0n) is 35.1. The van der Waals surface area contributed by atoms with E-state index in [1.807, 2.05) is 95.7 Å². The Bertz CT molecular complexity index is 2850. The molecular weight excluding hydrogens is 837 g/mol. The fraction of sp³-hybridized carbons (Fsp3) is 0.0175. The van der Waals surface area contributed by atoms with Gasteiger partial charge in [-0.2, -0.15) is 5.26 Å². The lowest BCUT2D eigenvalue weighted by atomic mass is 10.0. The van der Waals surface area contributed by atoms with Gasteiger partial charge in [-0.25, -0.2) is 4.85 Å². The second-order valence-electron chi connectivity index (χ2n) is 14.7. The van der Waals surface area contributed by atoms with E-state index >= 15 is 0 Å². The maximum atomic E-state index is 12.7. The van der Waals surface area contributed by atoms with Gasteiger partial charge in [-0.05, 0) is 130 Å². The van der Waals surface area contributed by atoms with Gasteiger partial charge in [-0.15, -0.1) is 22.7 Å². The number of anilines is 6. The smallest absolute Gasteiger partial charge is 0.234 e. The van der Waals surface area contributed by atoms with Crippen molar-refractivity contribution in [3.8, 4) is 6.07 Å². The quantitative estimate of drug-likeness (QED) is 0.0318. The molecule has 0 N–H and O–H groups in total. The molecule has 0 radical (unpaired) electrons. The van der Waals surface area contributed by atoms with Crippen LogP contribution >= 0.6 is 22.7 Å². The highest BCUT2D eigenvalue weighted by Gasteiger charge is 2.16. The van der Waals surface area contributed by atoms with Crippen molar-refractivity contribution in [2.24, 2.45) is 0 Å². The Labute approximate surface area is 387 Å². The van der Waals surface area contributed by atoms with Gasteiger partial charge in [0, 0.05) is 34.1 Å². The van der Waals surface area contributed by atoms with Gasteiger partial charge in [0.15, 0.2) is 0 Å². The Morgan fingerprint density at radius 2 is 0.908 bits per heavy atom. The van der Waals surface area contributed by atoms with Gasteiger partial charge in [0.1, 0.15) is 11.6 Å². The van der Waals surface area contributed by atoms with Gasteiger partial charge < -0.3 is 14.6 Å². The van der Waals surface area contributed by atoms with E-state index in [9.17, 15) is 14.9 Å². The van der Waals surface area contributed by atoms with Crippen molar-refractivity contribution in [3.63, 3.8) is 0 Å². The molecular formula is C57H40N4O2S2. The molecule has 0 saturated heterocycles. The van der Waals surface area contributed by atoms with E-state index in [2.05, 4.69) is 112 Å². The first-order valence-electron chi connectivity index (χ1n) is 20.8. The molecule has 6 nitrogen and oxygen atoms in total. The first-order valence-corrected chi connectivity index (χ1v) is 22.5. The molecule has 0 unspecified atom stereocenters. The van der Waals surface area contributed by atoms with Crippen molar-refractivity contribution in [2.45, 2.75) is 6.42 Å². The first kappa shape index (κ1) is 43.3. The largest absolute Gasteiger partial charge is 0.311 e. The van der Waals surface area contributed by atoms with Crippen molar-refractivity contribution in [3.05, 3.63) is 272 Å². The van der Waals surface area contributed by atoms with E-state index in [4.69, 9.17) is 6.57 Å². The van der Waals surface area contributed by atoms with Crippen LogP contribution < -0.4 is 9.80 Å². The highest BCUT2D eigenvalue weighted by Crippen LogP contribution is 2.37. The van der Waals surface area contributed by atoms with Crippen LogP contribution in [-0.4, -0.2) is 11.6 Å². The molecule has 8 heteroatoms. The van der Waals surface area contributed by atoms with Gasteiger partial charge >= 0.3 is 0 Å². The number of ketones is 2. The molecule has 65 heavy (non-hydrogen) atoms. The lowest BCUT2D eigenvalue weighted by Crippen LogP contribution is -2.10. The van der Waals surface area contributed by atoms with Crippen LogP contribution in [0.2, 0.25) is 0 Å². The Balaban J connectivity index is 0.960. The van der Waals surface area contributed by atoms with Crippen molar-refractivity contribution < 1.29 is 9.59 Å². The monoisotopic (exact) mass is 876 g/mol.